The van der Waals surface area contributed by atoms with Gasteiger partial charge >= 0.3 is 0 Å². The van der Waals surface area contributed by atoms with Crippen molar-refractivity contribution in [3.05, 3.63) is 35.9 Å². The van der Waals surface area contributed by atoms with E-state index in [0.29, 0.717) is 5.56 Å². The Labute approximate surface area is 67.1 Å². The fraction of sp³-hybridized carbons (Fsp3) is 0.400. The molecule has 1 unspecified atom stereocenters. The number of halogens is 1. The lowest BCUT2D eigenvalue weighted by atomic mass is 10.0. The maximum Gasteiger partial charge on any atom is 0.128 e. The first-order valence-electron chi connectivity index (χ1n) is 3.82. The predicted molar refractivity (Wildman–Crippen MR) is 44.0 cm³/mol. The monoisotopic (exact) mass is 151 g/mol. The lowest BCUT2D eigenvalue weighted by Crippen LogP contribution is -1.99. The van der Waals surface area contributed by atoms with Gasteiger partial charge in [0.05, 0.1) is 0 Å². The van der Waals surface area contributed by atoms with Crippen LogP contribution >= 0.6 is 0 Å². The molecule has 0 aliphatic carbocycles. The predicted octanol–water partition coefficient (Wildman–Crippen LogP) is 3.15. The molecule has 1 radical (unpaired) electrons. The quantitative estimate of drug-likeness (QED) is 0.609. The summed E-state index contributed by atoms with van der Waals surface area (Å²) in [5.41, 5.74) is 0.655. The van der Waals surface area contributed by atoms with E-state index in [1.54, 1.807) is 12.1 Å². The van der Waals surface area contributed by atoms with Crippen molar-refractivity contribution < 1.29 is 4.39 Å². The SMILES string of the molecule is CC(C)C(F)c1[c]cccc1. The molecule has 0 heterocycles. The summed E-state index contributed by atoms with van der Waals surface area (Å²) >= 11 is 0. The summed E-state index contributed by atoms with van der Waals surface area (Å²) in [7, 11) is 0. The van der Waals surface area contributed by atoms with Crippen LogP contribution in [0.5, 0.6) is 0 Å². The molecule has 0 nitrogen and oxygen atoms in total. The summed E-state index contributed by atoms with van der Waals surface area (Å²) in [6, 6.07) is 10.1. The summed E-state index contributed by atoms with van der Waals surface area (Å²) in [5, 5.41) is 0. The second-order valence-corrected chi connectivity index (χ2v) is 2.96. The van der Waals surface area contributed by atoms with Gasteiger partial charge in [-0.2, -0.15) is 0 Å². The molecule has 0 aliphatic rings. The Morgan fingerprint density at radius 2 is 2.09 bits per heavy atom. The van der Waals surface area contributed by atoms with Crippen LogP contribution in [0.1, 0.15) is 25.6 Å². The Balaban J connectivity index is 2.77. The highest BCUT2D eigenvalue weighted by atomic mass is 19.1. The van der Waals surface area contributed by atoms with Gasteiger partial charge in [-0.05, 0) is 17.5 Å². The number of benzene rings is 1. The number of rotatable bonds is 2. The molecule has 0 saturated heterocycles. The first kappa shape index (κ1) is 8.25. The van der Waals surface area contributed by atoms with E-state index in [2.05, 4.69) is 6.07 Å². The van der Waals surface area contributed by atoms with Gasteiger partial charge in [0.15, 0.2) is 0 Å². The Hall–Kier alpha value is -0.850. The van der Waals surface area contributed by atoms with Gasteiger partial charge < -0.3 is 0 Å². The lowest BCUT2D eigenvalue weighted by molar-refractivity contribution is 0.261. The van der Waals surface area contributed by atoms with Crippen LogP contribution in [-0.4, -0.2) is 0 Å². The summed E-state index contributed by atoms with van der Waals surface area (Å²) < 4.78 is 13.2. The highest BCUT2D eigenvalue weighted by Crippen LogP contribution is 2.24. The van der Waals surface area contributed by atoms with Crippen LogP contribution < -0.4 is 0 Å². The first-order chi connectivity index (χ1) is 5.22. The topological polar surface area (TPSA) is 0 Å². The molecule has 1 atom stereocenters. The van der Waals surface area contributed by atoms with Crippen molar-refractivity contribution in [2.75, 3.05) is 0 Å². The van der Waals surface area contributed by atoms with Crippen LogP contribution in [0.3, 0.4) is 0 Å². The molecule has 11 heavy (non-hydrogen) atoms. The van der Waals surface area contributed by atoms with E-state index in [9.17, 15) is 4.39 Å². The van der Waals surface area contributed by atoms with Crippen LogP contribution in [0.4, 0.5) is 4.39 Å². The van der Waals surface area contributed by atoms with E-state index in [1.165, 1.54) is 0 Å². The first-order valence-corrected chi connectivity index (χ1v) is 3.82. The second kappa shape index (κ2) is 3.51. The molecular weight excluding hydrogens is 139 g/mol. The molecule has 59 valence electrons. The average Bonchev–Trinajstić information content (AvgIpc) is 2.05. The van der Waals surface area contributed by atoms with Gasteiger partial charge in [-0.25, -0.2) is 4.39 Å². The molecule has 0 bridgehead atoms. The van der Waals surface area contributed by atoms with Crippen LogP contribution in [0, 0.1) is 12.0 Å². The number of alkyl halides is 1. The maximum atomic E-state index is 13.2. The summed E-state index contributed by atoms with van der Waals surface area (Å²) in [4.78, 5) is 0. The average molecular weight is 151 g/mol. The zero-order chi connectivity index (χ0) is 8.27. The Kier molecular flexibility index (Phi) is 2.64. The van der Waals surface area contributed by atoms with Crippen molar-refractivity contribution in [1.82, 2.24) is 0 Å². The molecule has 0 N–H and O–H groups in total. The van der Waals surface area contributed by atoms with Crippen molar-refractivity contribution in [3.8, 4) is 0 Å². The number of hydrogen-bond acceptors (Lipinski definition) is 0. The molecule has 1 heteroatoms. The van der Waals surface area contributed by atoms with Gasteiger partial charge in [-0.1, -0.05) is 38.1 Å². The van der Waals surface area contributed by atoms with Gasteiger partial charge in [0.25, 0.3) is 0 Å². The van der Waals surface area contributed by atoms with E-state index in [0.717, 1.165) is 0 Å². The molecule has 1 rings (SSSR count). The summed E-state index contributed by atoms with van der Waals surface area (Å²) in [6.07, 6.45) is -0.879. The maximum absolute atomic E-state index is 13.2. The van der Waals surface area contributed by atoms with Crippen molar-refractivity contribution in [2.45, 2.75) is 20.0 Å². The Morgan fingerprint density at radius 1 is 1.36 bits per heavy atom. The Morgan fingerprint density at radius 3 is 2.55 bits per heavy atom. The van der Waals surface area contributed by atoms with Gasteiger partial charge in [-0.15, -0.1) is 0 Å². The molecule has 1 aromatic carbocycles. The van der Waals surface area contributed by atoms with Crippen molar-refractivity contribution in [1.29, 1.82) is 0 Å². The lowest BCUT2D eigenvalue weighted by Gasteiger charge is -2.10. The van der Waals surface area contributed by atoms with E-state index < -0.39 is 6.17 Å². The fourth-order valence-electron chi connectivity index (χ4n) is 0.938. The summed E-state index contributed by atoms with van der Waals surface area (Å²) in [5.74, 6) is 0.0358. The molecule has 0 fully saturated rings. The van der Waals surface area contributed by atoms with Gasteiger partial charge in [0.1, 0.15) is 6.17 Å². The normalized spacial score (nSPS) is 13.5. The second-order valence-electron chi connectivity index (χ2n) is 2.96. The van der Waals surface area contributed by atoms with E-state index in [4.69, 9.17) is 0 Å². The minimum Gasteiger partial charge on any atom is -0.242 e. The third-order valence-electron chi connectivity index (χ3n) is 1.62. The van der Waals surface area contributed by atoms with Crippen molar-refractivity contribution >= 4 is 0 Å². The fourth-order valence-corrected chi connectivity index (χ4v) is 0.938. The third kappa shape index (κ3) is 2.04. The van der Waals surface area contributed by atoms with Crippen LogP contribution in [0.15, 0.2) is 24.3 Å². The molecule has 0 saturated carbocycles. The van der Waals surface area contributed by atoms with Crippen molar-refractivity contribution in [2.24, 2.45) is 5.92 Å². The molecule has 0 aromatic heterocycles. The van der Waals surface area contributed by atoms with Gasteiger partial charge in [-0.3, -0.25) is 0 Å². The van der Waals surface area contributed by atoms with Gasteiger partial charge in [0.2, 0.25) is 0 Å². The molecular formula is C10H12F. The smallest absolute Gasteiger partial charge is 0.128 e. The molecule has 0 amide bonds. The zero-order valence-electron chi connectivity index (χ0n) is 6.84. The van der Waals surface area contributed by atoms with Crippen LogP contribution in [-0.2, 0) is 0 Å². The highest BCUT2D eigenvalue weighted by Gasteiger charge is 2.12. The standard InChI is InChI=1S/C10H12F/c1-8(2)10(11)9-6-4-3-5-7-9/h3-6,8,10H,1-2H3. The van der Waals surface area contributed by atoms with E-state index in [-0.39, 0.29) is 5.92 Å². The Bertz CT molecular complexity index is 203. The largest absolute Gasteiger partial charge is 0.242 e. The molecule has 0 aliphatic heterocycles. The van der Waals surface area contributed by atoms with E-state index >= 15 is 0 Å². The summed E-state index contributed by atoms with van der Waals surface area (Å²) in [6.45, 7) is 3.73. The minimum absolute atomic E-state index is 0.0358. The van der Waals surface area contributed by atoms with E-state index in [1.807, 2.05) is 26.0 Å². The third-order valence-corrected chi connectivity index (χ3v) is 1.62. The van der Waals surface area contributed by atoms with Crippen LogP contribution in [0.25, 0.3) is 0 Å². The van der Waals surface area contributed by atoms with Gasteiger partial charge in [0, 0.05) is 0 Å². The number of hydrogen-bond donors (Lipinski definition) is 0. The van der Waals surface area contributed by atoms with Crippen molar-refractivity contribution in [3.63, 3.8) is 0 Å². The molecule has 0 spiro atoms. The zero-order valence-corrected chi connectivity index (χ0v) is 6.84. The highest BCUT2D eigenvalue weighted by molar-refractivity contribution is 5.16. The molecule has 1 aromatic rings. The van der Waals surface area contributed by atoms with Crippen LogP contribution in [0.2, 0.25) is 0 Å². The minimum atomic E-state index is -0.879.